The van der Waals surface area contributed by atoms with Gasteiger partial charge in [0, 0.05) is 6.61 Å². The van der Waals surface area contributed by atoms with Crippen LogP contribution in [-0.4, -0.2) is 84.0 Å². The van der Waals surface area contributed by atoms with Gasteiger partial charge in [-0.05, 0) is 24.7 Å². The molecule has 0 saturated carbocycles. The summed E-state index contributed by atoms with van der Waals surface area (Å²) in [5.41, 5.74) is -1.28. The number of rotatable bonds is 23. The summed E-state index contributed by atoms with van der Waals surface area (Å²) >= 11 is 0. The van der Waals surface area contributed by atoms with Gasteiger partial charge in [0.15, 0.2) is 0 Å². The summed E-state index contributed by atoms with van der Waals surface area (Å²) in [6, 6.07) is 0. The van der Waals surface area contributed by atoms with Gasteiger partial charge in [0.2, 0.25) is 6.29 Å². The van der Waals surface area contributed by atoms with Crippen molar-refractivity contribution in [1.29, 1.82) is 0 Å². The molecule has 0 bridgehead atoms. The number of aliphatic hydroxyl groups is 3. The van der Waals surface area contributed by atoms with E-state index in [2.05, 4.69) is 27.7 Å². The second-order valence-corrected chi connectivity index (χ2v) is 11.5. The van der Waals surface area contributed by atoms with Crippen LogP contribution in [0, 0.1) is 17.3 Å². The third-order valence-electron chi connectivity index (χ3n) is 5.80. The summed E-state index contributed by atoms with van der Waals surface area (Å²) in [4.78, 5) is 54.1. The molecule has 1 unspecified atom stereocenters. The summed E-state index contributed by atoms with van der Waals surface area (Å²) < 4.78 is 5.78. The average Bonchev–Trinajstić information content (AvgIpc) is 2.84. The molecule has 0 fully saturated rings. The smallest absolute Gasteiger partial charge is 0.324 e. The quantitative estimate of drug-likeness (QED) is 0.0266. The van der Waals surface area contributed by atoms with Gasteiger partial charge in [-0.2, -0.15) is 0 Å². The van der Waals surface area contributed by atoms with E-state index in [1.165, 1.54) is 51.4 Å². The fourth-order valence-corrected chi connectivity index (χ4v) is 3.41. The molecular formula is C25H58O12P2. The van der Waals surface area contributed by atoms with Crippen molar-refractivity contribution in [2.45, 2.75) is 111 Å². The van der Waals surface area contributed by atoms with Crippen molar-refractivity contribution in [3.05, 3.63) is 0 Å². The Balaban J connectivity index is -0.00000141. The number of ether oxygens (including phenoxy) is 1. The van der Waals surface area contributed by atoms with Crippen LogP contribution in [0.5, 0.6) is 0 Å². The molecule has 0 heterocycles. The maximum absolute atomic E-state index is 9.72. The second kappa shape index (κ2) is 31.3. The molecule has 0 saturated heterocycles. The lowest BCUT2D eigenvalue weighted by Gasteiger charge is -2.34. The molecule has 0 aliphatic heterocycles. The third-order valence-corrected chi connectivity index (χ3v) is 5.80. The first-order valence-electron chi connectivity index (χ1n) is 13.8. The van der Waals surface area contributed by atoms with Gasteiger partial charge in [-0.3, -0.25) is 0 Å². The van der Waals surface area contributed by atoms with Gasteiger partial charge in [0.05, 0.1) is 31.8 Å². The summed E-state index contributed by atoms with van der Waals surface area (Å²) in [7, 11) is -5.24. The van der Waals surface area contributed by atoms with Crippen LogP contribution in [0.4, 0.5) is 0 Å². The number of unbranched alkanes of at least 4 members (excludes halogenated alkanes) is 8. The highest BCUT2D eigenvalue weighted by molar-refractivity contribution is 7.38. The van der Waals surface area contributed by atoms with Crippen molar-refractivity contribution in [2.24, 2.45) is 17.3 Å². The minimum Gasteiger partial charge on any atom is -0.395 e. The molecule has 0 aromatic rings. The Morgan fingerprint density at radius 2 is 0.872 bits per heavy atom. The topological polar surface area (TPSA) is 210 Å². The SMILES string of the molecule is CC(C)CCCCCCCOOC(OCCCCCCCC(C)C)C(CO)(CO)CO.OP(O)O.OP(O)O. The standard InChI is InChI=1S/C25H52O6.2H3O3P/c1-22(2)15-11-7-5-9-13-17-29-24(25(19-26,20-27)21-28)31-30-18-14-10-6-8-12-16-23(3)4;2*1-4(2)3/h22-24,26-28H,5-21H2,1-4H3;2*1-3H. The van der Waals surface area contributed by atoms with Crippen LogP contribution in [0.3, 0.4) is 0 Å². The maximum atomic E-state index is 9.72. The van der Waals surface area contributed by atoms with E-state index in [0.717, 1.165) is 37.5 Å². The van der Waals surface area contributed by atoms with Gasteiger partial charge in [0.25, 0.3) is 0 Å². The van der Waals surface area contributed by atoms with Crippen molar-refractivity contribution >= 4 is 17.2 Å². The number of aliphatic hydroxyl groups excluding tert-OH is 3. The van der Waals surface area contributed by atoms with Crippen LogP contribution in [0.1, 0.15) is 105 Å². The fourth-order valence-electron chi connectivity index (χ4n) is 3.41. The molecule has 0 amide bonds. The maximum Gasteiger partial charge on any atom is 0.324 e. The zero-order chi connectivity index (χ0) is 30.5. The minimum atomic E-state index is -2.62. The molecule has 9 N–H and O–H groups in total. The van der Waals surface area contributed by atoms with Gasteiger partial charge < -0.3 is 49.4 Å². The highest BCUT2D eigenvalue weighted by Gasteiger charge is 2.40. The van der Waals surface area contributed by atoms with E-state index in [4.69, 9.17) is 43.9 Å². The van der Waals surface area contributed by atoms with Gasteiger partial charge >= 0.3 is 17.2 Å². The largest absolute Gasteiger partial charge is 0.395 e. The Kier molecular flexibility index (Phi) is 35.2. The first-order chi connectivity index (χ1) is 18.4. The van der Waals surface area contributed by atoms with Crippen LogP contribution in [0.2, 0.25) is 0 Å². The van der Waals surface area contributed by atoms with Crippen LogP contribution in [0.15, 0.2) is 0 Å². The van der Waals surface area contributed by atoms with Crippen LogP contribution < -0.4 is 0 Å². The molecule has 0 aromatic heterocycles. The molecule has 0 rings (SSSR count). The lowest BCUT2D eigenvalue weighted by Crippen LogP contribution is -2.48. The molecule has 0 aliphatic rings. The summed E-state index contributed by atoms with van der Waals surface area (Å²) in [6.45, 7) is 8.54. The average molecular weight is 613 g/mol. The zero-order valence-electron chi connectivity index (χ0n) is 24.4. The lowest BCUT2D eigenvalue weighted by atomic mass is 9.90. The predicted molar refractivity (Wildman–Crippen MR) is 153 cm³/mol. The number of hydrogen-bond donors (Lipinski definition) is 9. The van der Waals surface area contributed by atoms with E-state index in [9.17, 15) is 15.3 Å². The van der Waals surface area contributed by atoms with Crippen LogP contribution in [0.25, 0.3) is 0 Å². The van der Waals surface area contributed by atoms with E-state index in [-0.39, 0.29) is 0 Å². The Labute approximate surface area is 237 Å². The molecule has 0 spiro atoms. The van der Waals surface area contributed by atoms with E-state index < -0.39 is 48.7 Å². The molecule has 14 heteroatoms. The molecule has 240 valence electrons. The zero-order valence-corrected chi connectivity index (χ0v) is 26.2. The van der Waals surface area contributed by atoms with Gasteiger partial charge in [0.1, 0.15) is 0 Å². The fraction of sp³-hybridized carbons (Fsp3) is 1.00. The molecule has 0 aliphatic carbocycles. The van der Waals surface area contributed by atoms with Crippen molar-refractivity contribution in [3.63, 3.8) is 0 Å². The summed E-state index contributed by atoms with van der Waals surface area (Å²) in [6.07, 6.45) is 12.8. The van der Waals surface area contributed by atoms with Crippen LogP contribution in [-0.2, 0) is 14.5 Å². The van der Waals surface area contributed by atoms with Crippen molar-refractivity contribution in [1.82, 2.24) is 0 Å². The first-order valence-corrected chi connectivity index (χ1v) is 16.2. The van der Waals surface area contributed by atoms with E-state index >= 15 is 0 Å². The lowest BCUT2D eigenvalue weighted by molar-refractivity contribution is -0.410. The first kappa shape index (κ1) is 43.8. The Hall–Kier alpha value is 0.380. The molecule has 0 radical (unpaired) electrons. The Morgan fingerprint density at radius 1 is 0.538 bits per heavy atom. The molecule has 1 atom stereocenters. The highest BCUT2D eigenvalue weighted by atomic mass is 31.2. The minimum absolute atomic E-state index is 0.429. The van der Waals surface area contributed by atoms with Crippen molar-refractivity contribution in [3.8, 4) is 0 Å². The van der Waals surface area contributed by atoms with E-state index in [1.807, 2.05) is 0 Å². The Morgan fingerprint density at radius 3 is 1.23 bits per heavy atom. The van der Waals surface area contributed by atoms with Crippen LogP contribution >= 0.6 is 17.2 Å². The normalized spacial score (nSPS) is 12.5. The predicted octanol–water partition coefficient (Wildman–Crippen LogP) is 3.61. The Bertz CT molecular complexity index is 451. The van der Waals surface area contributed by atoms with Crippen molar-refractivity contribution < 1.29 is 59.2 Å². The molecule has 0 aromatic carbocycles. The van der Waals surface area contributed by atoms with E-state index in [1.54, 1.807) is 0 Å². The van der Waals surface area contributed by atoms with Crippen molar-refractivity contribution in [2.75, 3.05) is 33.0 Å². The summed E-state index contributed by atoms with van der Waals surface area (Å²) in [5, 5.41) is 29.2. The third kappa shape index (κ3) is 34.5. The second-order valence-electron chi connectivity index (χ2n) is 10.4. The van der Waals surface area contributed by atoms with E-state index in [0.29, 0.717) is 13.2 Å². The number of hydrogen-bond acceptors (Lipinski definition) is 12. The van der Waals surface area contributed by atoms with Gasteiger partial charge in [-0.15, -0.1) is 0 Å². The summed E-state index contributed by atoms with van der Waals surface area (Å²) in [5.74, 6) is 1.53. The molecule has 39 heavy (non-hydrogen) atoms. The highest BCUT2D eigenvalue weighted by Crippen LogP contribution is 2.25. The van der Waals surface area contributed by atoms with Gasteiger partial charge in [-0.25, -0.2) is 9.78 Å². The van der Waals surface area contributed by atoms with Gasteiger partial charge in [-0.1, -0.05) is 91.9 Å². The molecular weight excluding hydrogens is 554 g/mol. The monoisotopic (exact) mass is 612 g/mol. The molecule has 12 nitrogen and oxygen atoms in total.